The predicted molar refractivity (Wildman–Crippen MR) is 58.6 cm³/mol. The molecule has 1 aromatic rings. The van der Waals surface area contributed by atoms with E-state index < -0.39 is 28.6 Å². The molecule has 0 aliphatic heterocycles. The number of nitrogens with zero attached hydrogens (tertiary/aromatic N) is 1. The number of anilines is 1. The molecule has 0 aliphatic carbocycles. The van der Waals surface area contributed by atoms with E-state index in [1.54, 1.807) is 0 Å². The Morgan fingerprint density at radius 1 is 1.56 bits per heavy atom. The molecule has 0 aromatic heterocycles. The summed E-state index contributed by atoms with van der Waals surface area (Å²) >= 11 is 0. The van der Waals surface area contributed by atoms with Crippen LogP contribution < -0.4 is 5.32 Å². The lowest BCUT2D eigenvalue weighted by Gasteiger charge is -2.10. The van der Waals surface area contributed by atoms with Crippen LogP contribution in [0.1, 0.15) is 12.0 Å². The molecule has 0 saturated carbocycles. The number of carbonyl (C=O) groups excluding carboxylic acids is 1. The number of hydrogen-bond donors (Lipinski definition) is 1. The molecule has 1 aromatic carbocycles. The highest BCUT2D eigenvalue weighted by Gasteiger charge is 2.18. The highest BCUT2D eigenvalue weighted by molar-refractivity contribution is 5.75. The van der Waals surface area contributed by atoms with Crippen LogP contribution in [0, 0.1) is 10.1 Å². The second-order valence-corrected chi connectivity index (χ2v) is 3.26. The van der Waals surface area contributed by atoms with Crippen LogP contribution in [0.15, 0.2) is 18.2 Å². The number of methoxy groups -OCH3 is 1. The van der Waals surface area contributed by atoms with Gasteiger partial charge in [0.05, 0.1) is 12.0 Å². The van der Waals surface area contributed by atoms with Crippen molar-refractivity contribution in [2.75, 3.05) is 19.0 Å². The summed E-state index contributed by atoms with van der Waals surface area (Å²) in [7, 11) is 1.16. The average Bonchev–Trinajstić information content (AvgIpc) is 2.35. The fourth-order valence-corrected chi connectivity index (χ4v) is 1.24. The summed E-state index contributed by atoms with van der Waals surface area (Å²) in [6.45, 7) is -0.298. The smallest absolute Gasteiger partial charge is 0.325 e. The highest BCUT2D eigenvalue weighted by atomic mass is 19.3. The molecule has 0 spiro atoms. The molecule has 0 radical (unpaired) electrons. The summed E-state index contributed by atoms with van der Waals surface area (Å²) in [5, 5.41) is 12.9. The molecular formula is C10H10F2N2O4. The first kappa shape index (κ1) is 13.8. The maximum absolute atomic E-state index is 12.7. The third-order valence-corrected chi connectivity index (χ3v) is 2.13. The van der Waals surface area contributed by atoms with Crippen LogP contribution >= 0.6 is 0 Å². The zero-order chi connectivity index (χ0) is 13.7. The first-order valence-electron chi connectivity index (χ1n) is 4.83. The highest BCUT2D eigenvalue weighted by Crippen LogP contribution is 2.30. The third-order valence-electron chi connectivity index (χ3n) is 2.13. The van der Waals surface area contributed by atoms with Gasteiger partial charge in [0.1, 0.15) is 6.54 Å². The lowest BCUT2D eigenvalue weighted by Crippen LogP contribution is -2.16. The standard InChI is InChI=1S/C10H10F2N2O4/c1-18-9(15)5-13-8-3-2-6(14(16)17)4-7(8)10(11)12/h2-4,10,13H,5H2,1H3. The molecule has 0 unspecified atom stereocenters. The largest absolute Gasteiger partial charge is 0.468 e. The van der Waals surface area contributed by atoms with Gasteiger partial charge in [-0.2, -0.15) is 0 Å². The average molecular weight is 260 g/mol. The Morgan fingerprint density at radius 3 is 2.72 bits per heavy atom. The van der Waals surface area contributed by atoms with Crippen molar-refractivity contribution in [3.63, 3.8) is 0 Å². The van der Waals surface area contributed by atoms with Gasteiger partial charge >= 0.3 is 5.97 Å². The van der Waals surface area contributed by atoms with Gasteiger partial charge < -0.3 is 10.1 Å². The Labute approximate surface area is 101 Å². The molecule has 1 rings (SSSR count). The van der Waals surface area contributed by atoms with Gasteiger partial charge in [0.15, 0.2) is 0 Å². The van der Waals surface area contributed by atoms with Crippen LogP contribution in [-0.2, 0) is 9.53 Å². The van der Waals surface area contributed by atoms with Crippen LogP contribution in [0.4, 0.5) is 20.2 Å². The second-order valence-electron chi connectivity index (χ2n) is 3.26. The first-order chi connectivity index (χ1) is 8.45. The number of carbonyl (C=O) groups is 1. The quantitative estimate of drug-likeness (QED) is 0.498. The van der Waals surface area contributed by atoms with Crippen LogP contribution in [0.25, 0.3) is 0 Å². The molecular weight excluding hydrogens is 250 g/mol. The fraction of sp³-hybridized carbons (Fsp3) is 0.300. The van der Waals surface area contributed by atoms with Crippen LogP contribution in [0.5, 0.6) is 0 Å². The summed E-state index contributed by atoms with van der Waals surface area (Å²) in [5.41, 5.74) is -1.01. The number of nitro groups is 1. The van der Waals surface area contributed by atoms with Crippen LogP contribution in [-0.4, -0.2) is 24.5 Å². The van der Waals surface area contributed by atoms with Crippen LogP contribution in [0.3, 0.4) is 0 Å². The normalized spacial score (nSPS) is 10.2. The summed E-state index contributed by atoms with van der Waals surface area (Å²) in [6, 6.07) is 2.97. The molecule has 1 N–H and O–H groups in total. The lowest BCUT2D eigenvalue weighted by atomic mass is 10.1. The Hall–Kier alpha value is -2.25. The van der Waals surface area contributed by atoms with Gasteiger partial charge in [0.25, 0.3) is 12.1 Å². The molecule has 0 fully saturated rings. The Balaban J connectivity index is 2.97. The minimum Gasteiger partial charge on any atom is -0.468 e. The van der Waals surface area contributed by atoms with E-state index in [4.69, 9.17) is 0 Å². The fourth-order valence-electron chi connectivity index (χ4n) is 1.24. The van der Waals surface area contributed by atoms with Gasteiger partial charge in [0, 0.05) is 23.4 Å². The van der Waals surface area contributed by atoms with Gasteiger partial charge in [-0.1, -0.05) is 0 Å². The molecule has 6 nitrogen and oxygen atoms in total. The number of rotatable bonds is 5. The third kappa shape index (κ3) is 3.37. The van der Waals surface area contributed by atoms with Crippen molar-refractivity contribution in [3.8, 4) is 0 Å². The molecule has 0 aliphatic rings. The number of non-ortho nitro benzene ring substituents is 1. The first-order valence-corrected chi connectivity index (χ1v) is 4.83. The zero-order valence-electron chi connectivity index (χ0n) is 9.35. The maximum Gasteiger partial charge on any atom is 0.325 e. The van der Waals surface area contributed by atoms with Crippen LogP contribution in [0.2, 0.25) is 0 Å². The van der Waals surface area contributed by atoms with Crippen molar-refractivity contribution in [3.05, 3.63) is 33.9 Å². The number of nitrogens with one attached hydrogen (secondary N) is 1. The SMILES string of the molecule is COC(=O)CNc1ccc([N+](=O)[O-])cc1C(F)F. The summed E-state index contributed by atoms with van der Waals surface area (Å²) < 4.78 is 29.7. The van der Waals surface area contributed by atoms with E-state index >= 15 is 0 Å². The summed E-state index contributed by atoms with van der Waals surface area (Å²) in [4.78, 5) is 20.6. The number of alkyl halides is 2. The van der Waals surface area contributed by atoms with Crippen molar-refractivity contribution in [2.24, 2.45) is 0 Å². The summed E-state index contributed by atoms with van der Waals surface area (Å²) in [6.07, 6.45) is -2.88. The predicted octanol–water partition coefficient (Wildman–Crippen LogP) is 2.12. The number of nitro benzene ring substituents is 1. The van der Waals surface area contributed by atoms with E-state index in [-0.39, 0.29) is 12.2 Å². The van der Waals surface area contributed by atoms with Gasteiger partial charge in [-0.25, -0.2) is 8.78 Å². The number of hydrogen-bond acceptors (Lipinski definition) is 5. The molecule has 8 heteroatoms. The van der Waals surface area contributed by atoms with Crippen molar-refractivity contribution < 1.29 is 23.2 Å². The molecule has 0 amide bonds. The molecule has 0 saturated heterocycles. The molecule has 0 atom stereocenters. The number of esters is 1. The number of ether oxygens (including phenoxy) is 1. The topological polar surface area (TPSA) is 81.5 Å². The second kappa shape index (κ2) is 5.89. The monoisotopic (exact) mass is 260 g/mol. The number of benzene rings is 1. The minimum atomic E-state index is -2.88. The Bertz CT molecular complexity index is 465. The molecule has 0 bridgehead atoms. The van der Waals surface area contributed by atoms with Gasteiger partial charge in [0.2, 0.25) is 0 Å². The Kier molecular flexibility index (Phi) is 4.52. The van der Waals surface area contributed by atoms with Crippen molar-refractivity contribution in [1.82, 2.24) is 0 Å². The molecule has 98 valence electrons. The van der Waals surface area contributed by atoms with E-state index in [0.717, 1.165) is 25.3 Å². The van der Waals surface area contributed by atoms with Gasteiger partial charge in [-0.15, -0.1) is 0 Å². The number of halogens is 2. The summed E-state index contributed by atoms with van der Waals surface area (Å²) in [5.74, 6) is -0.631. The zero-order valence-corrected chi connectivity index (χ0v) is 9.35. The van der Waals surface area contributed by atoms with Crippen molar-refractivity contribution >= 4 is 17.3 Å². The minimum absolute atomic E-state index is 0.0407. The molecule has 18 heavy (non-hydrogen) atoms. The van der Waals surface area contributed by atoms with Gasteiger partial charge in [-0.3, -0.25) is 14.9 Å². The van der Waals surface area contributed by atoms with Gasteiger partial charge in [-0.05, 0) is 6.07 Å². The van der Waals surface area contributed by atoms with E-state index in [9.17, 15) is 23.7 Å². The maximum atomic E-state index is 12.7. The van der Waals surface area contributed by atoms with E-state index in [0.29, 0.717) is 0 Å². The molecule has 0 heterocycles. The van der Waals surface area contributed by atoms with E-state index in [2.05, 4.69) is 10.1 Å². The van der Waals surface area contributed by atoms with Crippen molar-refractivity contribution in [2.45, 2.75) is 6.43 Å². The van der Waals surface area contributed by atoms with E-state index in [1.165, 1.54) is 0 Å². The Morgan fingerprint density at radius 2 is 2.22 bits per heavy atom. The van der Waals surface area contributed by atoms with E-state index in [1.807, 2.05) is 0 Å². The lowest BCUT2D eigenvalue weighted by molar-refractivity contribution is -0.385. The van der Waals surface area contributed by atoms with Crippen molar-refractivity contribution in [1.29, 1.82) is 0 Å².